The van der Waals surface area contributed by atoms with Crippen molar-refractivity contribution >= 4 is 0 Å². The maximum absolute atomic E-state index is 9.94. The Bertz CT molecular complexity index is 612. The van der Waals surface area contributed by atoms with Crippen LogP contribution in [0.4, 0.5) is 0 Å². The maximum Gasteiger partial charge on any atom is 0.150 e. The summed E-state index contributed by atoms with van der Waals surface area (Å²) in [5, 5.41) is 14.4. The van der Waals surface area contributed by atoms with Gasteiger partial charge in [0.2, 0.25) is 0 Å². The fraction of sp³-hybridized carbons (Fsp3) is 0.500. The van der Waals surface area contributed by atoms with Crippen LogP contribution in [0.3, 0.4) is 0 Å². The third-order valence-electron chi connectivity index (χ3n) is 4.08. The van der Waals surface area contributed by atoms with E-state index in [1.165, 1.54) is 0 Å². The van der Waals surface area contributed by atoms with Crippen LogP contribution in [-0.2, 0) is 18.4 Å². The van der Waals surface area contributed by atoms with Gasteiger partial charge in [-0.15, -0.1) is 0 Å². The van der Waals surface area contributed by atoms with E-state index in [9.17, 15) is 5.26 Å². The number of nitriles is 1. The highest BCUT2D eigenvalue weighted by Crippen LogP contribution is 2.31. The summed E-state index contributed by atoms with van der Waals surface area (Å²) in [5.41, 5.74) is 0.539. The van der Waals surface area contributed by atoms with E-state index in [0.717, 1.165) is 43.5 Å². The SMILES string of the molecule is CCCCCC(C#N)(Cn1cnc(CC)n1)c1ccccc1. The first kappa shape index (κ1) is 16.2. The number of aryl methyl sites for hydroxylation is 1. The Balaban J connectivity index is 2.29. The number of aromatic nitrogens is 3. The molecule has 0 saturated carbocycles. The lowest BCUT2D eigenvalue weighted by molar-refractivity contribution is 0.386. The number of benzene rings is 1. The quantitative estimate of drug-likeness (QED) is 0.695. The Hall–Kier alpha value is -2.15. The Kier molecular flexibility index (Phi) is 5.71. The van der Waals surface area contributed by atoms with Crippen LogP contribution in [0.2, 0.25) is 0 Å². The molecule has 0 fully saturated rings. The van der Waals surface area contributed by atoms with Crippen molar-refractivity contribution in [2.24, 2.45) is 0 Å². The Labute approximate surface area is 132 Å². The molecule has 0 N–H and O–H groups in total. The molecule has 22 heavy (non-hydrogen) atoms. The summed E-state index contributed by atoms with van der Waals surface area (Å²) in [6, 6.07) is 12.7. The highest BCUT2D eigenvalue weighted by molar-refractivity contribution is 5.32. The standard InChI is InChI=1S/C18H24N4/c1-3-5-9-12-18(13-19,16-10-7-6-8-11-16)14-22-15-20-17(4-2)21-22/h6-8,10-11,15H,3-5,9,12,14H2,1-2H3. The fourth-order valence-corrected chi connectivity index (χ4v) is 2.75. The van der Waals surface area contributed by atoms with Gasteiger partial charge in [0.25, 0.3) is 0 Å². The van der Waals surface area contributed by atoms with Gasteiger partial charge in [-0.25, -0.2) is 4.98 Å². The van der Waals surface area contributed by atoms with Crippen LogP contribution in [0.1, 0.15) is 50.9 Å². The molecule has 1 aromatic carbocycles. The third-order valence-corrected chi connectivity index (χ3v) is 4.08. The second-order valence-corrected chi connectivity index (χ2v) is 5.73. The number of nitrogens with zero attached hydrogens (tertiary/aromatic N) is 4. The Morgan fingerprint density at radius 1 is 1.18 bits per heavy atom. The molecule has 2 rings (SSSR count). The largest absolute Gasteiger partial charge is 0.251 e. The summed E-state index contributed by atoms with van der Waals surface area (Å²) in [7, 11) is 0. The molecule has 1 unspecified atom stereocenters. The van der Waals surface area contributed by atoms with E-state index in [2.05, 4.69) is 23.1 Å². The molecular formula is C18H24N4. The van der Waals surface area contributed by atoms with E-state index in [4.69, 9.17) is 0 Å². The predicted octanol–water partition coefficient (Wildman–Crippen LogP) is 3.88. The molecule has 0 spiro atoms. The highest BCUT2D eigenvalue weighted by atomic mass is 15.3. The summed E-state index contributed by atoms with van der Waals surface area (Å²) >= 11 is 0. The van der Waals surface area contributed by atoms with Gasteiger partial charge in [-0.3, -0.25) is 4.68 Å². The summed E-state index contributed by atoms with van der Waals surface area (Å²) in [6.45, 7) is 4.78. The summed E-state index contributed by atoms with van der Waals surface area (Å²) in [4.78, 5) is 4.29. The van der Waals surface area contributed by atoms with Gasteiger partial charge in [0, 0.05) is 6.42 Å². The minimum absolute atomic E-state index is 0.533. The second kappa shape index (κ2) is 7.74. The van der Waals surface area contributed by atoms with Crippen LogP contribution in [0.25, 0.3) is 0 Å². The Morgan fingerprint density at radius 3 is 2.55 bits per heavy atom. The topological polar surface area (TPSA) is 54.5 Å². The van der Waals surface area contributed by atoms with E-state index < -0.39 is 5.41 Å². The normalized spacial score (nSPS) is 13.5. The molecule has 1 aromatic heterocycles. The van der Waals surface area contributed by atoms with Crippen LogP contribution >= 0.6 is 0 Å². The van der Waals surface area contributed by atoms with Gasteiger partial charge in [0.1, 0.15) is 17.6 Å². The zero-order valence-electron chi connectivity index (χ0n) is 13.5. The molecular weight excluding hydrogens is 272 g/mol. The van der Waals surface area contributed by atoms with Crippen molar-refractivity contribution in [2.45, 2.75) is 57.9 Å². The van der Waals surface area contributed by atoms with Crippen LogP contribution in [0, 0.1) is 11.3 Å². The highest BCUT2D eigenvalue weighted by Gasteiger charge is 2.32. The molecule has 0 aliphatic rings. The lowest BCUT2D eigenvalue weighted by atomic mass is 9.77. The first-order valence-electron chi connectivity index (χ1n) is 8.09. The van der Waals surface area contributed by atoms with Crippen LogP contribution in [0.15, 0.2) is 36.7 Å². The van der Waals surface area contributed by atoms with Crippen molar-refractivity contribution in [3.63, 3.8) is 0 Å². The van der Waals surface area contributed by atoms with Crippen LogP contribution in [0.5, 0.6) is 0 Å². The van der Waals surface area contributed by atoms with Gasteiger partial charge >= 0.3 is 0 Å². The molecule has 2 aromatic rings. The molecule has 0 saturated heterocycles. The maximum atomic E-state index is 9.94. The summed E-state index contributed by atoms with van der Waals surface area (Å²) in [6.07, 6.45) is 6.76. The molecule has 0 amide bonds. The zero-order valence-corrected chi connectivity index (χ0v) is 13.5. The molecule has 0 aliphatic carbocycles. The van der Waals surface area contributed by atoms with Crippen molar-refractivity contribution in [1.82, 2.24) is 14.8 Å². The molecule has 1 atom stereocenters. The lowest BCUT2D eigenvalue weighted by Crippen LogP contribution is -2.30. The summed E-state index contributed by atoms with van der Waals surface area (Å²) < 4.78 is 1.82. The van der Waals surface area contributed by atoms with Gasteiger partial charge < -0.3 is 0 Å². The van der Waals surface area contributed by atoms with Gasteiger partial charge in [-0.05, 0) is 12.0 Å². The summed E-state index contributed by atoms with van der Waals surface area (Å²) in [5.74, 6) is 0.827. The molecule has 0 radical (unpaired) electrons. The minimum atomic E-state index is -0.533. The fourth-order valence-electron chi connectivity index (χ4n) is 2.75. The zero-order chi connectivity index (χ0) is 15.8. The van der Waals surface area contributed by atoms with E-state index in [0.29, 0.717) is 6.54 Å². The van der Waals surface area contributed by atoms with Crippen LogP contribution in [-0.4, -0.2) is 14.8 Å². The van der Waals surface area contributed by atoms with E-state index in [1.807, 2.05) is 41.9 Å². The lowest BCUT2D eigenvalue weighted by Gasteiger charge is -2.27. The van der Waals surface area contributed by atoms with Gasteiger partial charge in [-0.2, -0.15) is 10.4 Å². The van der Waals surface area contributed by atoms with Crippen molar-refractivity contribution < 1.29 is 0 Å². The van der Waals surface area contributed by atoms with E-state index >= 15 is 0 Å². The van der Waals surface area contributed by atoms with Crippen molar-refractivity contribution in [3.8, 4) is 6.07 Å². The first-order valence-corrected chi connectivity index (χ1v) is 8.09. The third kappa shape index (κ3) is 3.73. The molecule has 4 heteroatoms. The second-order valence-electron chi connectivity index (χ2n) is 5.73. The molecule has 0 bridgehead atoms. The van der Waals surface area contributed by atoms with Gasteiger partial charge in [-0.1, -0.05) is 63.4 Å². The van der Waals surface area contributed by atoms with Crippen LogP contribution < -0.4 is 0 Å². The predicted molar refractivity (Wildman–Crippen MR) is 87.3 cm³/mol. The smallest absolute Gasteiger partial charge is 0.150 e. The average Bonchev–Trinajstić information content (AvgIpc) is 3.02. The molecule has 116 valence electrons. The van der Waals surface area contributed by atoms with Crippen molar-refractivity contribution in [2.75, 3.05) is 0 Å². The number of hydrogen-bond donors (Lipinski definition) is 0. The van der Waals surface area contributed by atoms with E-state index in [1.54, 1.807) is 6.33 Å². The Morgan fingerprint density at radius 2 is 1.95 bits per heavy atom. The molecule has 4 nitrogen and oxygen atoms in total. The van der Waals surface area contributed by atoms with Crippen molar-refractivity contribution in [3.05, 3.63) is 48.0 Å². The molecule has 0 aliphatic heterocycles. The molecule has 1 heterocycles. The first-order chi connectivity index (χ1) is 10.7. The van der Waals surface area contributed by atoms with Gasteiger partial charge in [0.05, 0.1) is 12.6 Å². The average molecular weight is 296 g/mol. The van der Waals surface area contributed by atoms with Crippen molar-refractivity contribution in [1.29, 1.82) is 5.26 Å². The number of unbranched alkanes of at least 4 members (excludes halogenated alkanes) is 2. The number of hydrogen-bond acceptors (Lipinski definition) is 3. The van der Waals surface area contributed by atoms with E-state index in [-0.39, 0.29) is 0 Å². The minimum Gasteiger partial charge on any atom is -0.251 e. The number of rotatable bonds is 8. The monoisotopic (exact) mass is 296 g/mol. The van der Waals surface area contributed by atoms with Gasteiger partial charge in [0.15, 0.2) is 0 Å².